The van der Waals surface area contributed by atoms with Gasteiger partial charge in [0, 0.05) is 19.5 Å². The van der Waals surface area contributed by atoms with Crippen LogP contribution < -0.4 is 5.32 Å². The average molecular weight is 319 g/mol. The van der Waals surface area contributed by atoms with Crippen LogP contribution in [0.2, 0.25) is 0 Å². The van der Waals surface area contributed by atoms with Crippen LogP contribution in [0.4, 0.5) is 13.2 Å². The molecule has 7 nitrogen and oxygen atoms in total. The summed E-state index contributed by atoms with van der Waals surface area (Å²) in [4.78, 5) is 24.2. The summed E-state index contributed by atoms with van der Waals surface area (Å²) in [5.41, 5.74) is 0. The number of halogens is 3. The lowest BCUT2D eigenvalue weighted by Gasteiger charge is -2.18. The van der Waals surface area contributed by atoms with Gasteiger partial charge in [-0.1, -0.05) is 0 Å². The summed E-state index contributed by atoms with van der Waals surface area (Å²) in [6.07, 6.45) is -3.15. The van der Waals surface area contributed by atoms with Gasteiger partial charge in [0.2, 0.25) is 11.8 Å². The van der Waals surface area contributed by atoms with Crippen LogP contribution in [-0.4, -0.2) is 50.7 Å². The van der Waals surface area contributed by atoms with Gasteiger partial charge in [-0.3, -0.25) is 9.59 Å². The van der Waals surface area contributed by atoms with Crippen molar-refractivity contribution >= 4 is 11.8 Å². The van der Waals surface area contributed by atoms with E-state index in [0.29, 0.717) is 17.3 Å². The highest BCUT2D eigenvalue weighted by Gasteiger charge is 2.40. The highest BCUT2D eigenvalue weighted by molar-refractivity contribution is 5.89. The van der Waals surface area contributed by atoms with Crippen LogP contribution in [0.1, 0.15) is 19.2 Å². The Morgan fingerprint density at radius 1 is 1.50 bits per heavy atom. The van der Waals surface area contributed by atoms with Crippen LogP contribution in [0.15, 0.2) is 6.33 Å². The maximum absolute atomic E-state index is 12.3. The van der Waals surface area contributed by atoms with E-state index < -0.39 is 30.5 Å². The van der Waals surface area contributed by atoms with E-state index in [1.165, 1.54) is 6.33 Å². The topological polar surface area (TPSA) is 80.1 Å². The number of aromatic nitrogens is 3. The lowest BCUT2D eigenvalue weighted by Crippen LogP contribution is -2.37. The fraction of sp³-hybridized carbons (Fsp3) is 0.667. The standard InChI is InChI=1S/C12H16F3N5O2/c1-2-19-7-17-18-9(19)4-16-11(22)8-3-10(21)20(5-8)6-12(13,14)15/h7-8H,2-6H2,1H3,(H,16,22). The minimum absolute atomic E-state index is 0.122. The molecule has 22 heavy (non-hydrogen) atoms. The fourth-order valence-electron chi connectivity index (χ4n) is 2.31. The Hall–Kier alpha value is -2.13. The number of hydrogen-bond acceptors (Lipinski definition) is 4. The molecule has 122 valence electrons. The Labute approximate surface area is 124 Å². The first-order valence-electron chi connectivity index (χ1n) is 6.79. The molecule has 0 aromatic carbocycles. The molecule has 1 atom stereocenters. The van der Waals surface area contributed by atoms with E-state index in [9.17, 15) is 22.8 Å². The van der Waals surface area contributed by atoms with Gasteiger partial charge >= 0.3 is 6.18 Å². The van der Waals surface area contributed by atoms with Gasteiger partial charge in [0.25, 0.3) is 0 Å². The molecule has 1 aromatic heterocycles. The van der Waals surface area contributed by atoms with E-state index >= 15 is 0 Å². The molecule has 0 radical (unpaired) electrons. The second-order valence-electron chi connectivity index (χ2n) is 5.04. The van der Waals surface area contributed by atoms with Gasteiger partial charge < -0.3 is 14.8 Å². The van der Waals surface area contributed by atoms with Gasteiger partial charge in [-0.15, -0.1) is 10.2 Å². The molecule has 0 aliphatic carbocycles. The molecule has 1 aromatic rings. The molecule has 1 aliphatic rings. The number of likely N-dealkylation sites (tertiary alicyclic amines) is 1. The summed E-state index contributed by atoms with van der Waals surface area (Å²) >= 11 is 0. The Kier molecular flexibility index (Phi) is 4.67. The van der Waals surface area contributed by atoms with E-state index in [4.69, 9.17) is 0 Å². The molecule has 10 heteroatoms. The quantitative estimate of drug-likeness (QED) is 0.848. The molecule has 0 spiro atoms. The maximum Gasteiger partial charge on any atom is 0.406 e. The summed E-state index contributed by atoms with van der Waals surface area (Å²) in [5.74, 6) is -1.34. The largest absolute Gasteiger partial charge is 0.406 e. The van der Waals surface area contributed by atoms with Crippen molar-refractivity contribution in [2.75, 3.05) is 13.1 Å². The van der Waals surface area contributed by atoms with Crippen LogP contribution in [0, 0.1) is 5.92 Å². The molecule has 2 amide bonds. The molecule has 1 fully saturated rings. The number of aryl methyl sites for hydroxylation is 1. The molecule has 1 aliphatic heterocycles. The second kappa shape index (κ2) is 6.32. The van der Waals surface area contributed by atoms with E-state index in [2.05, 4.69) is 15.5 Å². The zero-order valence-corrected chi connectivity index (χ0v) is 11.9. The van der Waals surface area contributed by atoms with Gasteiger partial charge in [-0.2, -0.15) is 13.2 Å². The number of nitrogens with one attached hydrogen (secondary N) is 1. The number of hydrogen-bond donors (Lipinski definition) is 1. The molecule has 1 N–H and O–H groups in total. The monoisotopic (exact) mass is 319 g/mol. The summed E-state index contributed by atoms with van der Waals surface area (Å²) in [6.45, 7) is 1.11. The third kappa shape index (κ3) is 3.95. The third-order valence-corrected chi connectivity index (χ3v) is 3.41. The van der Waals surface area contributed by atoms with Crippen LogP contribution in [0.5, 0.6) is 0 Å². The van der Waals surface area contributed by atoms with Crippen molar-refractivity contribution in [3.63, 3.8) is 0 Å². The molecule has 0 saturated carbocycles. The Bertz CT molecular complexity index is 557. The first-order valence-corrected chi connectivity index (χ1v) is 6.79. The van der Waals surface area contributed by atoms with Gasteiger partial charge in [-0.05, 0) is 6.92 Å². The van der Waals surface area contributed by atoms with Gasteiger partial charge in [0.05, 0.1) is 12.5 Å². The van der Waals surface area contributed by atoms with Gasteiger partial charge in [-0.25, -0.2) is 0 Å². The number of amides is 2. The first-order chi connectivity index (χ1) is 10.3. The lowest BCUT2D eigenvalue weighted by molar-refractivity contribution is -0.157. The van der Waals surface area contributed by atoms with E-state index in [-0.39, 0.29) is 19.5 Å². The van der Waals surface area contributed by atoms with Crippen LogP contribution in [0.3, 0.4) is 0 Å². The van der Waals surface area contributed by atoms with Crippen molar-refractivity contribution in [3.8, 4) is 0 Å². The van der Waals surface area contributed by atoms with Crippen molar-refractivity contribution in [2.24, 2.45) is 5.92 Å². The molecule has 1 saturated heterocycles. The zero-order valence-electron chi connectivity index (χ0n) is 11.9. The zero-order chi connectivity index (χ0) is 16.3. The van der Waals surface area contributed by atoms with Crippen molar-refractivity contribution < 1.29 is 22.8 Å². The predicted octanol–water partition coefficient (Wildman–Crippen LogP) is 0.325. The maximum atomic E-state index is 12.3. The highest BCUT2D eigenvalue weighted by Crippen LogP contribution is 2.23. The molecule has 1 unspecified atom stereocenters. The predicted molar refractivity (Wildman–Crippen MR) is 68.3 cm³/mol. The van der Waals surface area contributed by atoms with E-state index in [1.54, 1.807) is 4.57 Å². The van der Waals surface area contributed by atoms with Crippen molar-refractivity contribution in [1.29, 1.82) is 0 Å². The molecular weight excluding hydrogens is 303 g/mol. The molecular formula is C12H16F3N5O2. The van der Waals surface area contributed by atoms with Gasteiger partial charge in [0.15, 0.2) is 5.82 Å². The van der Waals surface area contributed by atoms with E-state index in [1.807, 2.05) is 6.92 Å². The minimum atomic E-state index is -4.46. The number of rotatable bonds is 5. The fourth-order valence-corrected chi connectivity index (χ4v) is 2.31. The summed E-state index contributed by atoms with van der Waals surface area (Å²) in [6, 6.07) is 0. The van der Waals surface area contributed by atoms with Crippen molar-refractivity contribution in [2.45, 2.75) is 32.6 Å². The van der Waals surface area contributed by atoms with Crippen LogP contribution >= 0.6 is 0 Å². The summed E-state index contributed by atoms with van der Waals surface area (Å²) in [7, 11) is 0. The number of carbonyl (C=O) groups excluding carboxylic acids is 2. The summed E-state index contributed by atoms with van der Waals surface area (Å²) in [5, 5.41) is 10.1. The highest BCUT2D eigenvalue weighted by atomic mass is 19.4. The SMILES string of the molecule is CCn1cnnc1CNC(=O)C1CC(=O)N(CC(F)(F)F)C1. The van der Waals surface area contributed by atoms with Crippen LogP contribution in [-0.2, 0) is 22.7 Å². The minimum Gasteiger partial charge on any atom is -0.348 e. The number of carbonyl (C=O) groups is 2. The first kappa shape index (κ1) is 16.2. The third-order valence-electron chi connectivity index (χ3n) is 3.41. The van der Waals surface area contributed by atoms with Crippen LogP contribution in [0.25, 0.3) is 0 Å². The molecule has 2 heterocycles. The number of nitrogens with zero attached hydrogens (tertiary/aromatic N) is 4. The van der Waals surface area contributed by atoms with E-state index in [0.717, 1.165) is 0 Å². The normalized spacial score (nSPS) is 18.8. The van der Waals surface area contributed by atoms with Crippen molar-refractivity contribution in [3.05, 3.63) is 12.2 Å². The summed E-state index contributed by atoms with van der Waals surface area (Å²) < 4.78 is 38.7. The second-order valence-corrected chi connectivity index (χ2v) is 5.04. The Balaban J connectivity index is 1.87. The number of alkyl halides is 3. The average Bonchev–Trinajstić information content (AvgIpc) is 3.01. The van der Waals surface area contributed by atoms with Crippen molar-refractivity contribution in [1.82, 2.24) is 25.0 Å². The molecule has 0 bridgehead atoms. The Morgan fingerprint density at radius 2 is 2.23 bits per heavy atom. The van der Waals surface area contributed by atoms with Gasteiger partial charge in [0.1, 0.15) is 12.9 Å². The lowest BCUT2D eigenvalue weighted by atomic mass is 10.1. The smallest absolute Gasteiger partial charge is 0.348 e. The Morgan fingerprint density at radius 3 is 2.86 bits per heavy atom. The molecule has 2 rings (SSSR count).